The smallest absolute Gasteiger partial charge is 0.311 e. The molecule has 8 aliphatic rings. The van der Waals surface area contributed by atoms with Crippen molar-refractivity contribution in [3.05, 3.63) is 0 Å². The van der Waals surface area contributed by atoms with E-state index in [0.717, 1.165) is 57.8 Å². The lowest BCUT2D eigenvalue weighted by Crippen LogP contribution is -2.59. The Hall–Kier alpha value is -1.43. The predicted octanol–water partition coefficient (Wildman–Crippen LogP) is 4.54. The van der Waals surface area contributed by atoms with Crippen molar-refractivity contribution in [1.82, 2.24) is 0 Å². The monoisotopic (exact) mass is 484 g/mol. The summed E-state index contributed by atoms with van der Waals surface area (Å²) in [6.45, 7) is 3.89. The molecule has 11 atom stereocenters. The molecule has 0 heterocycles. The van der Waals surface area contributed by atoms with Gasteiger partial charge in [-0.3, -0.25) is 14.4 Å². The normalized spacial score (nSPS) is 51.0. The summed E-state index contributed by atoms with van der Waals surface area (Å²) in [6.07, 6.45) is 9.97. The summed E-state index contributed by atoms with van der Waals surface area (Å²) in [7, 11) is 0. The number of carbonyl (C=O) groups excluding carboxylic acids is 3. The molecule has 6 nitrogen and oxygen atoms in total. The summed E-state index contributed by atoms with van der Waals surface area (Å²) in [5.41, 5.74) is -0.688. The molecule has 6 heteroatoms. The Bertz CT molecular complexity index is 914. The fourth-order valence-electron chi connectivity index (χ4n) is 10.6. The standard InChI is InChI=1S/C29H40O6/c1-3-14(2)27(31)35-23-10-18-9-22(23)25-20-7-17(24(18)25)8-21(20)28(32)33-13-34-29-11-15-4-16(12-29)6-19(5-15)26(29)30/h14-25H,3-13H2,1-2H3. The molecular weight excluding hydrogens is 444 g/mol. The maximum Gasteiger partial charge on any atom is 0.311 e. The Labute approximate surface area is 208 Å². The third-order valence-electron chi connectivity index (χ3n) is 11.8. The van der Waals surface area contributed by atoms with Crippen LogP contribution in [0.3, 0.4) is 0 Å². The fourth-order valence-corrected chi connectivity index (χ4v) is 10.6. The van der Waals surface area contributed by atoms with Crippen LogP contribution >= 0.6 is 0 Å². The van der Waals surface area contributed by atoms with Crippen molar-refractivity contribution in [1.29, 1.82) is 0 Å². The number of rotatable bonds is 7. The van der Waals surface area contributed by atoms with Crippen molar-refractivity contribution in [2.45, 2.75) is 89.8 Å². The van der Waals surface area contributed by atoms with Gasteiger partial charge in [-0.15, -0.1) is 0 Å². The molecule has 8 bridgehead atoms. The number of fused-ring (bicyclic) bond motifs is 9. The molecule has 8 aliphatic carbocycles. The summed E-state index contributed by atoms with van der Waals surface area (Å²) < 4.78 is 17.9. The number of esters is 2. The minimum Gasteiger partial charge on any atom is -0.462 e. The van der Waals surface area contributed by atoms with E-state index in [4.69, 9.17) is 14.2 Å². The van der Waals surface area contributed by atoms with Crippen LogP contribution in [0.1, 0.15) is 78.1 Å². The molecule has 0 aromatic carbocycles. The van der Waals surface area contributed by atoms with Gasteiger partial charge in [0.25, 0.3) is 0 Å². The third kappa shape index (κ3) is 3.33. The van der Waals surface area contributed by atoms with Gasteiger partial charge in [-0.1, -0.05) is 13.8 Å². The first kappa shape index (κ1) is 22.7. The highest BCUT2D eigenvalue weighted by Gasteiger charge is 2.66. The largest absolute Gasteiger partial charge is 0.462 e. The van der Waals surface area contributed by atoms with Gasteiger partial charge in [-0.25, -0.2) is 0 Å². The quantitative estimate of drug-likeness (QED) is 0.300. The number of hydrogen-bond acceptors (Lipinski definition) is 6. The van der Waals surface area contributed by atoms with Crippen LogP contribution < -0.4 is 0 Å². The van der Waals surface area contributed by atoms with E-state index in [1.54, 1.807) is 0 Å². The average molecular weight is 485 g/mol. The van der Waals surface area contributed by atoms with E-state index < -0.39 is 5.60 Å². The molecule has 192 valence electrons. The Morgan fingerprint density at radius 2 is 1.66 bits per heavy atom. The van der Waals surface area contributed by atoms with Crippen molar-refractivity contribution >= 4 is 17.7 Å². The maximum atomic E-state index is 13.2. The number of carbonyl (C=O) groups is 3. The molecule has 11 unspecified atom stereocenters. The van der Waals surface area contributed by atoms with E-state index in [2.05, 4.69) is 0 Å². The Kier molecular flexibility index (Phi) is 5.22. The van der Waals surface area contributed by atoms with Gasteiger partial charge >= 0.3 is 11.9 Å². The van der Waals surface area contributed by atoms with Gasteiger partial charge in [-0.05, 0) is 112 Å². The van der Waals surface area contributed by atoms with Crippen LogP contribution in [0.5, 0.6) is 0 Å². The molecular formula is C29H40O6. The molecule has 8 saturated carbocycles. The molecule has 8 rings (SSSR count). The number of ketones is 1. The lowest BCUT2D eigenvalue weighted by atomic mass is 9.53. The Balaban J connectivity index is 0.975. The van der Waals surface area contributed by atoms with E-state index in [-0.39, 0.29) is 48.4 Å². The highest BCUT2D eigenvalue weighted by Crippen LogP contribution is 2.69. The summed E-state index contributed by atoms with van der Waals surface area (Å²) in [5, 5.41) is 0. The van der Waals surface area contributed by atoms with E-state index in [0.29, 0.717) is 47.3 Å². The molecule has 0 spiro atoms. The average Bonchev–Trinajstić information content (AvgIpc) is 3.60. The number of hydrogen-bond donors (Lipinski definition) is 0. The van der Waals surface area contributed by atoms with Gasteiger partial charge in [0, 0.05) is 5.92 Å². The fraction of sp³-hybridized carbons (Fsp3) is 0.897. The SMILES string of the molecule is CCC(C)C(=O)OC1CC2CC1C1C3CC(CC3C(=O)OCOC34CC5CC(CC(C5)C3=O)C4)C21. The topological polar surface area (TPSA) is 78.9 Å². The van der Waals surface area contributed by atoms with Crippen LogP contribution in [0.25, 0.3) is 0 Å². The second kappa shape index (κ2) is 8.03. The lowest BCUT2D eigenvalue weighted by molar-refractivity contribution is -0.210. The molecule has 0 aliphatic heterocycles. The van der Waals surface area contributed by atoms with Gasteiger partial charge in [0.1, 0.15) is 11.7 Å². The Morgan fingerprint density at radius 3 is 2.40 bits per heavy atom. The van der Waals surface area contributed by atoms with Crippen LogP contribution in [0.4, 0.5) is 0 Å². The van der Waals surface area contributed by atoms with E-state index in [1.165, 1.54) is 6.42 Å². The van der Waals surface area contributed by atoms with Crippen molar-refractivity contribution in [3.63, 3.8) is 0 Å². The van der Waals surface area contributed by atoms with Gasteiger partial charge < -0.3 is 14.2 Å². The molecule has 8 fully saturated rings. The van der Waals surface area contributed by atoms with E-state index in [1.807, 2.05) is 13.8 Å². The van der Waals surface area contributed by atoms with Crippen LogP contribution in [0, 0.1) is 65.1 Å². The van der Waals surface area contributed by atoms with Crippen molar-refractivity contribution in [3.8, 4) is 0 Å². The predicted molar refractivity (Wildman–Crippen MR) is 126 cm³/mol. The highest BCUT2D eigenvalue weighted by atomic mass is 16.7. The zero-order valence-corrected chi connectivity index (χ0v) is 21.2. The Morgan fingerprint density at radius 1 is 0.943 bits per heavy atom. The second-order valence-corrected chi connectivity index (χ2v) is 13.5. The summed E-state index contributed by atoms with van der Waals surface area (Å²) in [6, 6.07) is 0. The molecule has 0 saturated heterocycles. The van der Waals surface area contributed by atoms with Gasteiger partial charge in [0.15, 0.2) is 12.6 Å². The van der Waals surface area contributed by atoms with Crippen molar-refractivity contribution < 1.29 is 28.6 Å². The first-order valence-corrected chi connectivity index (χ1v) is 14.4. The van der Waals surface area contributed by atoms with Crippen molar-refractivity contribution in [2.75, 3.05) is 6.79 Å². The van der Waals surface area contributed by atoms with Crippen LogP contribution in [-0.4, -0.2) is 36.2 Å². The first-order valence-electron chi connectivity index (χ1n) is 14.4. The summed E-state index contributed by atoms with van der Waals surface area (Å²) in [4.78, 5) is 38.7. The van der Waals surface area contributed by atoms with E-state index >= 15 is 0 Å². The molecule has 0 aromatic heterocycles. The first-order chi connectivity index (χ1) is 16.9. The zero-order valence-electron chi connectivity index (χ0n) is 21.2. The van der Waals surface area contributed by atoms with Crippen LogP contribution in [0.2, 0.25) is 0 Å². The second-order valence-electron chi connectivity index (χ2n) is 13.5. The molecule has 0 N–H and O–H groups in total. The molecule has 0 aromatic rings. The van der Waals surface area contributed by atoms with Crippen LogP contribution in [0.15, 0.2) is 0 Å². The minimum absolute atomic E-state index is 0.0317. The molecule has 0 amide bonds. The zero-order chi connectivity index (χ0) is 24.1. The molecule has 0 radical (unpaired) electrons. The number of Topliss-reactive ketones (excluding diaryl/α,β-unsaturated/α-hetero) is 1. The summed E-state index contributed by atoms with van der Waals surface area (Å²) >= 11 is 0. The maximum absolute atomic E-state index is 13.2. The van der Waals surface area contributed by atoms with Gasteiger partial charge in [0.05, 0.1) is 11.8 Å². The minimum atomic E-state index is -0.688. The van der Waals surface area contributed by atoms with Crippen molar-refractivity contribution in [2.24, 2.45) is 65.1 Å². The summed E-state index contributed by atoms with van der Waals surface area (Å²) in [5.74, 6) is 4.53. The lowest BCUT2D eigenvalue weighted by Gasteiger charge is -2.54. The highest BCUT2D eigenvalue weighted by molar-refractivity contribution is 5.91. The third-order valence-corrected chi connectivity index (χ3v) is 11.8. The van der Waals surface area contributed by atoms with Crippen LogP contribution in [-0.2, 0) is 28.6 Å². The number of ether oxygens (including phenoxy) is 3. The molecule has 35 heavy (non-hydrogen) atoms. The van der Waals surface area contributed by atoms with Gasteiger partial charge in [0.2, 0.25) is 0 Å². The van der Waals surface area contributed by atoms with E-state index in [9.17, 15) is 14.4 Å². The van der Waals surface area contributed by atoms with Gasteiger partial charge in [-0.2, -0.15) is 0 Å².